The van der Waals surface area contributed by atoms with Gasteiger partial charge in [0.1, 0.15) is 0 Å². The number of likely N-dealkylation sites (N-methyl/N-ethyl adjacent to an activating group) is 1. The van der Waals surface area contributed by atoms with Crippen LogP contribution in [0.25, 0.3) is 11.0 Å². The maximum Gasteiger partial charge on any atom is 0.222 e. The smallest absolute Gasteiger partial charge is 0.222 e. The van der Waals surface area contributed by atoms with Crippen LogP contribution < -0.4 is 0 Å². The van der Waals surface area contributed by atoms with Crippen LogP contribution in [0, 0.1) is 11.7 Å². The Kier molecular flexibility index (Phi) is 2.93. The lowest BCUT2D eigenvalue weighted by molar-refractivity contribution is -0.132. The van der Waals surface area contributed by atoms with Gasteiger partial charge >= 0.3 is 0 Å². The quantitative estimate of drug-likeness (QED) is 0.813. The highest BCUT2D eigenvalue weighted by atomic mass is 32.1. The van der Waals surface area contributed by atoms with Gasteiger partial charge in [-0.15, -0.1) is 0 Å². The molecule has 19 heavy (non-hydrogen) atoms. The number of carbonyl (C=O) groups excluding carboxylic acids is 1. The largest absolute Gasteiger partial charge is 0.344 e. The number of hydrogen-bond donors (Lipinski definition) is 1. The van der Waals surface area contributed by atoms with Gasteiger partial charge in [-0.1, -0.05) is 12.1 Å². The van der Waals surface area contributed by atoms with Crippen LogP contribution in [0.15, 0.2) is 18.2 Å². The predicted molar refractivity (Wildman–Crippen MR) is 77.8 cm³/mol. The number of aromatic nitrogens is 2. The van der Waals surface area contributed by atoms with Gasteiger partial charge < -0.3 is 14.5 Å². The molecule has 1 aromatic heterocycles. The van der Waals surface area contributed by atoms with E-state index < -0.39 is 0 Å². The fourth-order valence-electron chi connectivity index (χ4n) is 2.86. The Hall–Kier alpha value is -1.62. The third-order valence-corrected chi connectivity index (χ3v) is 4.23. The molecule has 5 heteroatoms. The molecule has 1 aliphatic heterocycles. The minimum Gasteiger partial charge on any atom is -0.344 e. The van der Waals surface area contributed by atoms with Crippen molar-refractivity contribution in [3.8, 4) is 0 Å². The van der Waals surface area contributed by atoms with E-state index in [0.29, 0.717) is 6.42 Å². The zero-order valence-corrected chi connectivity index (χ0v) is 12.0. The number of piperidine rings is 1. The summed E-state index contributed by atoms with van der Waals surface area (Å²) in [7, 11) is 1.86. The third-order valence-electron chi connectivity index (χ3n) is 3.93. The van der Waals surface area contributed by atoms with Crippen molar-refractivity contribution in [1.29, 1.82) is 0 Å². The molecule has 0 spiro atoms. The van der Waals surface area contributed by atoms with Gasteiger partial charge in [-0.25, -0.2) is 0 Å². The summed E-state index contributed by atoms with van der Waals surface area (Å²) in [6.07, 6.45) is 1.46. The summed E-state index contributed by atoms with van der Waals surface area (Å²) >= 11 is 5.47. The van der Waals surface area contributed by atoms with Gasteiger partial charge in [0.05, 0.1) is 17.1 Å². The molecule has 1 fully saturated rings. The number of fused-ring (bicyclic) bond motifs is 1. The molecule has 0 saturated carbocycles. The van der Waals surface area contributed by atoms with Crippen molar-refractivity contribution >= 4 is 29.2 Å². The number of rotatable bonds is 1. The first-order chi connectivity index (χ1) is 9.08. The number of nitrogens with zero attached hydrogens (tertiary/aromatic N) is 2. The lowest BCUT2D eigenvalue weighted by atomic mass is 10.1. The Labute approximate surface area is 117 Å². The summed E-state index contributed by atoms with van der Waals surface area (Å²) in [5.74, 6) is 0.221. The lowest BCUT2D eigenvalue weighted by Crippen LogP contribution is -2.37. The molecule has 100 valence electrons. The highest BCUT2D eigenvalue weighted by Crippen LogP contribution is 2.27. The summed E-state index contributed by atoms with van der Waals surface area (Å²) in [4.78, 5) is 16.7. The van der Waals surface area contributed by atoms with Gasteiger partial charge in [-0.3, -0.25) is 4.79 Å². The normalized spacial score (nSPS) is 20.2. The van der Waals surface area contributed by atoms with Crippen LogP contribution in [0.1, 0.15) is 24.4 Å². The van der Waals surface area contributed by atoms with Gasteiger partial charge in [-0.2, -0.15) is 0 Å². The summed E-state index contributed by atoms with van der Waals surface area (Å²) in [6, 6.07) is 6.49. The number of hydrogen-bond acceptors (Lipinski definition) is 2. The number of aryl methyl sites for hydroxylation is 1. The lowest BCUT2D eigenvalue weighted by Gasteiger charge is -2.30. The molecule has 1 aliphatic rings. The highest BCUT2D eigenvalue weighted by molar-refractivity contribution is 7.71. The topological polar surface area (TPSA) is 41.0 Å². The van der Waals surface area contributed by atoms with Crippen LogP contribution in [0.3, 0.4) is 0 Å². The summed E-state index contributed by atoms with van der Waals surface area (Å²) < 4.78 is 2.91. The third kappa shape index (κ3) is 1.98. The van der Waals surface area contributed by atoms with Crippen molar-refractivity contribution in [3.63, 3.8) is 0 Å². The van der Waals surface area contributed by atoms with Crippen LogP contribution in [0.4, 0.5) is 0 Å². The number of amides is 1. The van der Waals surface area contributed by atoms with Crippen LogP contribution in [0.5, 0.6) is 0 Å². The molecule has 3 rings (SSSR count). The average Bonchev–Trinajstić information content (AvgIpc) is 2.71. The fraction of sp³-hybridized carbons (Fsp3) is 0.429. The Balaban J connectivity index is 2.10. The molecule has 1 atom stereocenters. The number of nitrogens with one attached hydrogen (secondary N) is 1. The number of benzene rings is 1. The Morgan fingerprint density at radius 2 is 2.21 bits per heavy atom. The van der Waals surface area contributed by atoms with E-state index in [9.17, 15) is 4.79 Å². The first-order valence-electron chi connectivity index (χ1n) is 6.51. The van der Waals surface area contributed by atoms with Gasteiger partial charge in [0.15, 0.2) is 4.77 Å². The number of carbonyl (C=O) groups is 1. The first-order valence-corrected chi connectivity index (χ1v) is 6.92. The number of para-hydroxylation sites is 1. The highest BCUT2D eigenvalue weighted by Gasteiger charge is 2.25. The van der Waals surface area contributed by atoms with E-state index in [2.05, 4.69) is 34.7 Å². The van der Waals surface area contributed by atoms with E-state index in [-0.39, 0.29) is 11.9 Å². The number of imidazole rings is 1. The molecule has 1 N–H and O–H groups in total. The van der Waals surface area contributed by atoms with E-state index in [1.54, 1.807) is 4.90 Å². The summed E-state index contributed by atoms with van der Waals surface area (Å²) in [5, 5.41) is 0. The molecule has 0 radical (unpaired) electrons. The zero-order valence-electron chi connectivity index (χ0n) is 11.1. The van der Waals surface area contributed by atoms with Crippen molar-refractivity contribution in [2.75, 3.05) is 13.6 Å². The number of H-pyrrole nitrogens is 1. The Morgan fingerprint density at radius 3 is 2.95 bits per heavy atom. The van der Waals surface area contributed by atoms with Crippen molar-refractivity contribution in [2.45, 2.75) is 25.8 Å². The second-order valence-electron chi connectivity index (χ2n) is 5.24. The maximum atomic E-state index is 11.6. The Bertz CT molecular complexity index is 700. The molecule has 4 nitrogen and oxygen atoms in total. The van der Waals surface area contributed by atoms with E-state index in [1.165, 1.54) is 5.56 Å². The first kappa shape index (κ1) is 12.4. The van der Waals surface area contributed by atoms with Crippen LogP contribution in [0.2, 0.25) is 0 Å². The molecular weight excluding hydrogens is 258 g/mol. The minimum absolute atomic E-state index is 0.221. The van der Waals surface area contributed by atoms with E-state index in [1.807, 2.05) is 7.05 Å². The van der Waals surface area contributed by atoms with Gasteiger partial charge in [-0.05, 0) is 37.2 Å². The van der Waals surface area contributed by atoms with Crippen LogP contribution in [-0.4, -0.2) is 34.0 Å². The van der Waals surface area contributed by atoms with E-state index in [4.69, 9.17) is 12.2 Å². The number of likely N-dealkylation sites (tertiary alicyclic amines) is 1. The predicted octanol–water partition coefficient (Wildman–Crippen LogP) is 2.80. The molecule has 0 bridgehead atoms. The van der Waals surface area contributed by atoms with Crippen LogP contribution >= 0.6 is 12.2 Å². The van der Waals surface area contributed by atoms with Crippen molar-refractivity contribution in [2.24, 2.45) is 0 Å². The second-order valence-corrected chi connectivity index (χ2v) is 5.62. The van der Waals surface area contributed by atoms with Crippen molar-refractivity contribution < 1.29 is 4.79 Å². The second kappa shape index (κ2) is 4.49. The SMILES string of the molecule is Cc1cccc2c1[nH]c(=S)n2C1CCC(=O)N(C)C1. The number of aromatic amines is 1. The van der Waals surface area contributed by atoms with Crippen LogP contribution in [-0.2, 0) is 4.79 Å². The van der Waals surface area contributed by atoms with Gasteiger partial charge in [0.2, 0.25) is 5.91 Å². The fourth-order valence-corrected chi connectivity index (χ4v) is 3.21. The maximum absolute atomic E-state index is 11.6. The molecule has 1 unspecified atom stereocenters. The zero-order chi connectivity index (χ0) is 13.6. The van der Waals surface area contributed by atoms with E-state index >= 15 is 0 Å². The molecule has 2 aromatic rings. The molecule has 0 aliphatic carbocycles. The monoisotopic (exact) mass is 275 g/mol. The summed E-state index contributed by atoms with van der Waals surface area (Å²) in [5.41, 5.74) is 3.44. The van der Waals surface area contributed by atoms with Crippen molar-refractivity contribution in [3.05, 3.63) is 28.5 Å². The standard InChI is InChI=1S/C14H17N3OS/c1-9-4-3-5-11-13(9)15-14(19)17(11)10-6-7-12(18)16(2)8-10/h3-5,10H,6-8H2,1-2H3,(H,15,19). The minimum atomic E-state index is 0.221. The van der Waals surface area contributed by atoms with Crippen molar-refractivity contribution in [1.82, 2.24) is 14.5 Å². The average molecular weight is 275 g/mol. The molecular formula is C14H17N3OS. The van der Waals surface area contributed by atoms with Gasteiger partial charge in [0, 0.05) is 20.0 Å². The van der Waals surface area contributed by atoms with Gasteiger partial charge in [0.25, 0.3) is 0 Å². The van der Waals surface area contributed by atoms with E-state index in [0.717, 1.165) is 28.8 Å². The molecule has 1 saturated heterocycles. The molecule has 1 amide bonds. The Morgan fingerprint density at radius 1 is 1.42 bits per heavy atom. The summed E-state index contributed by atoms with van der Waals surface area (Å²) in [6.45, 7) is 2.81. The molecule has 2 heterocycles. The molecule has 1 aromatic carbocycles.